The van der Waals surface area contributed by atoms with Gasteiger partial charge in [0.05, 0.1) is 0 Å². The molecular weight excluding hydrogens is 112 g/mol. The molecular formula is CHClO2S. The Morgan fingerprint density at radius 1 is 1.60 bits per heavy atom. The van der Waals surface area contributed by atoms with Crippen molar-refractivity contribution in [1.82, 2.24) is 0 Å². The molecule has 0 aliphatic heterocycles. The minimum absolute atomic E-state index is 0.556. The molecule has 0 atom stereocenters. The minimum atomic E-state index is -2.18. The second-order valence-corrected chi connectivity index (χ2v) is 1.58. The molecule has 2 nitrogen and oxygen atoms in total. The van der Waals surface area contributed by atoms with E-state index >= 15 is 0 Å². The van der Waals surface area contributed by atoms with Crippen molar-refractivity contribution in [2.24, 2.45) is 0 Å². The average molecular weight is 113 g/mol. The van der Waals surface area contributed by atoms with E-state index in [1.54, 1.807) is 0 Å². The van der Waals surface area contributed by atoms with Crippen molar-refractivity contribution in [3.63, 3.8) is 0 Å². The van der Waals surface area contributed by atoms with Crippen LogP contribution in [0.2, 0.25) is 0 Å². The fourth-order valence-corrected chi connectivity index (χ4v) is 0. The van der Waals surface area contributed by atoms with Crippen LogP contribution in [-0.4, -0.2) is 13.2 Å². The lowest BCUT2D eigenvalue weighted by Crippen LogP contribution is -1.50. The summed E-state index contributed by atoms with van der Waals surface area (Å²) in [7, 11) is -2.18. The summed E-state index contributed by atoms with van der Waals surface area (Å²) in [6, 6.07) is 0. The third-order valence-electron chi connectivity index (χ3n) is 0.0727. The van der Waals surface area contributed by atoms with Gasteiger partial charge < -0.3 is 0 Å². The van der Waals surface area contributed by atoms with Crippen LogP contribution >= 0.6 is 11.6 Å². The highest BCUT2D eigenvalue weighted by Gasteiger charge is 1.50. The Labute approximate surface area is 35.9 Å². The van der Waals surface area contributed by atoms with Gasteiger partial charge in [-0.3, -0.25) is 0 Å². The van der Waals surface area contributed by atoms with Gasteiger partial charge in [0.1, 0.15) is 4.83 Å². The van der Waals surface area contributed by atoms with E-state index in [9.17, 15) is 8.42 Å². The molecule has 0 spiro atoms. The smallest absolute Gasteiger partial charge is 0.184 e. The van der Waals surface area contributed by atoms with Gasteiger partial charge in [0.2, 0.25) is 10.3 Å². The summed E-state index contributed by atoms with van der Waals surface area (Å²) in [6.07, 6.45) is 0. The highest BCUT2D eigenvalue weighted by Crippen LogP contribution is 1.49. The fourth-order valence-electron chi connectivity index (χ4n) is 0. The van der Waals surface area contributed by atoms with Crippen molar-refractivity contribution >= 4 is 26.7 Å². The SMILES string of the molecule is O=S(=O)=CCl. The Kier molecular flexibility index (Phi) is 2.22. The molecule has 0 amide bonds. The molecule has 0 saturated heterocycles. The molecule has 30 valence electrons. The molecule has 0 aromatic carbocycles. The van der Waals surface area contributed by atoms with Crippen LogP contribution in [-0.2, 0) is 10.3 Å². The molecule has 0 aliphatic carbocycles. The first-order valence-corrected chi connectivity index (χ1v) is 2.36. The Balaban J connectivity index is 4.25. The fraction of sp³-hybridized carbons (Fsp3) is 0. The Morgan fingerprint density at radius 3 is 1.80 bits per heavy atom. The highest BCUT2D eigenvalue weighted by atomic mass is 35.5. The summed E-state index contributed by atoms with van der Waals surface area (Å²) in [6.45, 7) is 0. The second-order valence-electron chi connectivity index (χ2n) is 0.350. The van der Waals surface area contributed by atoms with E-state index in [1.165, 1.54) is 0 Å². The molecule has 0 rings (SSSR count). The van der Waals surface area contributed by atoms with Gasteiger partial charge in [-0.05, 0) is 0 Å². The van der Waals surface area contributed by atoms with Crippen LogP contribution in [0.3, 0.4) is 0 Å². The molecule has 4 heteroatoms. The summed E-state index contributed by atoms with van der Waals surface area (Å²) >= 11 is 4.60. The first-order valence-electron chi connectivity index (χ1n) is 0.787. The van der Waals surface area contributed by atoms with Crippen molar-refractivity contribution in [2.45, 2.75) is 0 Å². The largest absolute Gasteiger partial charge is 0.225 e. The average Bonchev–Trinajstić information content (AvgIpc) is 1.38. The molecule has 0 bridgehead atoms. The summed E-state index contributed by atoms with van der Waals surface area (Å²) in [4.78, 5) is 0.556. The number of halogens is 1. The van der Waals surface area contributed by atoms with E-state index in [4.69, 9.17) is 0 Å². The molecule has 0 aliphatic rings. The van der Waals surface area contributed by atoms with Gasteiger partial charge in [-0.1, -0.05) is 11.6 Å². The lowest BCUT2D eigenvalue weighted by Gasteiger charge is -1.35. The van der Waals surface area contributed by atoms with Crippen LogP contribution in [0.1, 0.15) is 0 Å². The van der Waals surface area contributed by atoms with E-state index in [-0.39, 0.29) is 0 Å². The Bertz CT molecular complexity index is 113. The summed E-state index contributed by atoms with van der Waals surface area (Å²) in [5.41, 5.74) is 0. The standard InChI is InChI=1S/CHClO2S/c2-1-5(3)4/h1H. The molecule has 0 aromatic heterocycles. The molecule has 0 unspecified atom stereocenters. The molecule has 0 fully saturated rings. The number of hydrogen-bond donors (Lipinski definition) is 0. The van der Waals surface area contributed by atoms with E-state index in [2.05, 4.69) is 11.6 Å². The third-order valence-corrected chi connectivity index (χ3v) is 0.655. The molecule has 0 heterocycles. The summed E-state index contributed by atoms with van der Waals surface area (Å²) < 4.78 is 18.4. The van der Waals surface area contributed by atoms with Gasteiger partial charge >= 0.3 is 0 Å². The van der Waals surface area contributed by atoms with Crippen LogP contribution in [0.5, 0.6) is 0 Å². The maximum Gasteiger partial charge on any atom is 0.225 e. The summed E-state index contributed by atoms with van der Waals surface area (Å²) in [5.74, 6) is 0. The van der Waals surface area contributed by atoms with E-state index in [1.807, 2.05) is 0 Å². The zero-order valence-corrected chi connectivity index (χ0v) is 3.75. The van der Waals surface area contributed by atoms with Gasteiger partial charge in [-0.25, -0.2) is 0 Å². The van der Waals surface area contributed by atoms with E-state index in [0.29, 0.717) is 4.83 Å². The minimum Gasteiger partial charge on any atom is -0.184 e. The first kappa shape index (κ1) is 4.98. The van der Waals surface area contributed by atoms with Crippen molar-refractivity contribution in [3.05, 3.63) is 0 Å². The van der Waals surface area contributed by atoms with Crippen LogP contribution < -0.4 is 0 Å². The predicted molar refractivity (Wildman–Crippen MR) is 20.8 cm³/mol. The van der Waals surface area contributed by atoms with Crippen LogP contribution in [0.15, 0.2) is 0 Å². The van der Waals surface area contributed by atoms with Crippen LogP contribution in [0, 0.1) is 0 Å². The molecule has 5 heavy (non-hydrogen) atoms. The Hall–Kier alpha value is -0.0200. The molecule has 0 aromatic rings. The topological polar surface area (TPSA) is 34.1 Å². The van der Waals surface area contributed by atoms with Crippen molar-refractivity contribution in [3.8, 4) is 0 Å². The quantitative estimate of drug-likeness (QED) is 0.323. The van der Waals surface area contributed by atoms with Gasteiger partial charge in [0.25, 0.3) is 0 Å². The van der Waals surface area contributed by atoms with E-state index < -0.39 is 10.3 Å². The third kappa shape index (κ3) is 3.98. The van der Waals surface area contributed by atoms with Gasteiger partial charge in [-0.2, -0.15) is 8.42 Å². The van der Waals surface area contributed by atoms with E-state index in [0.717, 1.165) is 0 Å². The van der Waals surface area contributed by atoms with Crippen molar-refractivity contribution in [2.75, 3.05) is 0 Å². The van der Waals surface area contributed by atoms with Crippen molar-refractivity contribution in [1.29, 1.82) is 0 Å². The zero-order valence-electron chi connectivity index (χ0n) is 2.18. The molecule has 0 N–H and O–H groups in total. The van der Waals surface area contributed by atoms with Crippen LogP contribution in [0.4, 0.5) is 0 Å². The lowest BCUT2D eigenvalue weighted by molar-refractivity contribution is 0.627. The Morgan fingerprint density at radius 2 is 1.80 bits per heavy atom. The van der Waals surface area contributed by atoms with Gasteiger partial charge in [0, 0.05) is 0 Å². The monoisotopic (exact) mass is 112 g/mol. The predicted octanol–water partition coefficient (Wildman–Crippen LogP) is -0.136. The normalized spacial score (nSPS) is 6.60. The molecule has 0 saturated carbocycles. The van der Waals surface area contributed by atoms with Crippen molar-refractivity contribution < 1.29 is 8.42 Å². The van der Waals surface area contributed by atoms with Crippen LogP contribution in [0.25, 0.3) is 0 Å². The number of hydrogen-bond acceptors (Lipinski definition) is 2. The lowest BCUT2D eigenvalue weighted by atomic mass is 11.9. The first-order chi connectivity index (χ1) is 2.27. The van der Waals surface area contributed by atoms with Gasteiger partial charge in [0.15, 0.2) is 0 Å². The highest BCUT2D eigenvalue weighted by molar-refractivity contribution is 7.74. The van der Waals surface area contributed by atoms with Gasteiger partial charge in [-0.15, -0.1) is 0 Å². The zero-order chi connectivity index (χ0) is 4.28. The summed E-state index contributed by atoms with van der Waals surface area (Å²) in [5, 5.41) is 0. The maximum atomic E-state index is 9.18. The second kappa shape index (κ2) is 2.23. The maximum absolute atomic E-state index is 9.18. The number of rotatable bonds is 0. The molecule has 0 radical (unpaired) electrons.